The summed E-state index contributed by atoms with van der Waals surface area (Å²) in [4.78, 5) is 14.7. The topological polar surface area (TPSA) is 54.6 Å². The Labute approximate surface area is 123 Å². The number of aromatic nitrogens is 3. The van der Waals surface area contributed by atoms with Crippen LogP contribution in [0.2, 0.25) is 0 Å². The van der Waals surface area contributed by atoms with Gasteiger partial charge in [0.15, 0.2) is 5.65 Å². The first-order valence-electron chi connectivity index (χ1n) is 7.81. The highest BCUT2D eigenvalue weighted by molar-refractivity contribution is 5.35. The lowest BCUT2D eigenvalue weighted by atomic mass is 9.93. The van der Waals surface area contributed by atoms with Gasteiger partial charge in [-0.2, -0.15) is 0 Å². The molecule has 2 aliphatic rings. The number of rotatable bonds is 3. The fourth-order valence-corrected chi connectivity index (χ4v) is 3.68. The van der Waals surface area contributed by atoms with Crippen LogP contribution in [0.4, 0.5) is 0 Å². The maximum Gasteiger partial charge on any atom is 0.350 e. The number of likely N-dealkylation sites (tertiary alicyclic amines) is 1. The zero-order valence-electron chi connectivity index (χ0n) is 12.1. The molecule has 6 heteroatoms. The standard InChI is InChI=1S/C15H21N5O/c21-15-19-7-2-1-3-14(19)17-20(15)10-9-18-8-5-13-12(11-18)4-6-16-13/h1-3,7,12-13,16H,4-6,8-11H2. The van der Waals surface area contributed by atoms with Crippen LogP contribution in [-0.2, 0) is 6.54 Å². The van der Waals surface area contributed by atoms with Crippen molar-refractivity contribution in [3.05, 3.63) is 34.9 Å². The number of nitrogens with zero attached hydrogens (tertiary/aromatic N) is 4. The highest BCUT2D eigenvalue weighted by atomic mass is 16.2. The van der Waals surface area contributed by atoms with Gasteiger partial charge in [0.25, 0.3) is 0 Å². The quantitative estimate of drug-likeness (QED) is 0.875. The fourth-order valence-electron chi connectivity index (χ4n) is 3.68. The average molecular weight is 287 g/mol. The Kier molecular flexibility index (Phi) is 3.27. The van der Waals surface area contributed by atoms with Crippen molar-refractivity contribution >= 4 is 5.65 Å². The SMILES string of the molecule is O=c1n(CCN2CCC3NCCC3C2)nc2ccccn12. The van der Waals surface area contributed by atoms with Crippen LogP contribution in [-0.4, -0.2) is 51.3 Å². The van der Waals surface area contributed by atoms with E-state index in [1.807, 2.05) is 18.2 Å². The molecule has 2 unspecified atom stereocenters. The van der Waals surface area contributed by atoms with E-state index in [-0.39, 0.29) is 5.69 Å². The number of hydrogen-bond acceptors (Lipinski definition) is 4. The van der Waals surface area contributed by atoms with Crippen LogP contribution in [0.15, 0.2) is 29.2 Å². The molecule has 0 aliphatic carbocycles. The number of piperidine rings is 1. The molecule has 2 aliphatic heterocycles. The van der Waals surface area contributed by atoms with Gasteiger partial charge in [-0.05, 0) is 44.0 Å². The molecule has 6 nitrogen and oxygen atoms in total. The van der Waals surface area contributed by atoms with Crippen molar-refractivity contribution in [3.63, 3.8) is 0 Å². The van der Waals surface area contributed by atoms with Crippen LogP contribution in [0.3, 0.4) is 0 Å². The predicted molar refractivity (Wildman–Crippen MR) is 80.4 cm³/mol. The summed E-state index contributed by atoms with van der Waals surface area (Å²) in [5.74, 6) is 0.788. The summed E-state index contributed by atoms with van der Waals surface area (Å²) in [7, 11) is 0. The molecule has 112 valence electrons. The molecule has 0 spiro atoms. The number of nitrogens with one attached hydrogen (secondary N) is 1. The van der Waals surface area contributed by atoms with Gasteiger partial charge in [-0.25, -0.2) is 9.48 Å². The molecular formula is C15H21N5O. The number of fused-ring (bicyclic) bond motifs is 2. The highest BCUT2D eigenvalue weighted by Crippen LogP contribution is 2.24. The maximum absolute atomic E-state index is 12.2. The number of hydrogen-bond donors (Lipinski definition) is 1. The second kappa shape index (κ2) is 5.27. The fraction of sp³-hybridized carbons (Fsp3) is 0.600. The highest BCUT2D eigenvalue weighted by Gasteiger charge is 2.32. The molecule has 2 aromatic heterocycles. The first kappa shape index (κ1) is 13.0. The minimum atomic E-state index is -0.0389. The van der Waals surface area contributed by atoms with E-state index in [0.717, 1.165) is 43.8 Å². The van der Waals surface area contributed by atoms with Crippen LogP contribution in [0.5, 0.6) is 0 Å². The molecule has 0 saturated carbocycles. The van der Waals surface area contributed by atoms with E-state index in [1.54, 1.807) is 15.3 Å². The van der Waals surface area contributed by atoms with Crippen molar-refractivity contribution < 1.29 is 0 Å². The zero-order valence-corrected chi connectivity index (χ0v) is 12.1. The summed E-state index contributed by atoms with van der Waals surface area (Å²) in [6.45, 7) is 5.02. The Hall–Kier alpha value is -1.66. The van der Waals surface area contributed by atoms with Crippen molar-refractivity contribution in [1.29, 1.82) is 0 Å². The van der Waals surface area contributed by atoms with Crippen molar-refractivity contribution in [2.75, 3.05) is 26.2 Å². The van der Waals surface area contributed by atoms with Gasteiger partial charge in [0, 0.05) is 25.3 Å². The maximum atomic E-state index is 12.2. The van der Waals surface area contributed by atoms with Gasteiger partial charge in [-0.15, -0.1) is 5.10 Å². The summed E-state index contributed by atoms with van der Waals surface area (Å²) < 4.78 is 3.20. The van der Waals surface area contributed by atoms with Gasteiger partial charge >= 0.3 is 5.69 Å². The molecule has 0 bridgehead atoms. The minimum Gasteiger partial charge on any atom is -0.314 e. The van der Waals surface area contributed by atoms with Crippen molar-refractivity contribution in [3.8, 4) is 0 Å². The Balaban J connectivity index is 1.44. The second-order valence-corrected chi connectivity index (χ2v) is 6.13. The van der Waals surface area contributed by atoms with Gasteiger partial charge in [-0.1, -0.05) is 6.07 Å². The van der Waals surface area contributed by atoms with Crippen molar-refractivity contribution in [1.82, 2.24) is 24.4 Å². The van der Waals surface area contributed by atoms with Crippen LogP contribution in [0.25, 0.3) is 5.65 Å². The first-order chi connectivity index (χ1) is 10.3. The van der Waals surface area contributed by atoms with E-state index >= 15 is 0 Å². The van der Waals surface area contributed by atoms with Gasteiger partial charge in [-0.3, -0.25) is 4.40 Å². The smallest absolute Gasteiger partial charge is 0.314 e. The largest absolute Gasteiger partial charge is 0.350 e. The third-order valence-corrected chi connectivity index (χ3v) is 4.86. The second-order valence-electron chi connectivity index (χ2n) is 6.13. The van der Waals surface area contributed by atoms with Crippen LogP contribution >= 0.6 is 0 Å². The Morgan fingerprint density at radius 3 is 3.14 bits per heavy atom. The van der Waals surface area contributed by atoms with Crippen LogP contribution < -0.4 is 11.0 Å². The van der Waals surface area contributed by atoms with Crippen molar-refractivity contribution in [2.45, 2.75) is 25.4 Å². The predicted octanol–water partition coefficient (Wildman–Crippen LogP) is 0.180. The third-order valence-electron chi connectivity index (χ3n) is 4.86. The molecule has 0 radical (unpaired) electrons. The lowest BCUT2D eigenvalue weighted by molar-refractivity contribution is 0.156. The molecule has 1 N–H and O–H groups in total. The zero-order chi connectivity index (χ0) is 14.2. The molecule has 2 atom stereocenters. The Bertz CT molecular complexity index is 691. The lowest BCUT2D eigenvalue weighted by Gasteiger charge is -2.34. The summed E-state index contributed by atoms with van der Waals surface area (Å²) in [5, 5.41) is 7.97. The molecule has 4 rings (SSSR count). The summed E-state index contributed by atoms with van der Waals surface area (Å²) in [5.41, 5.74) is 0.684. The van der Waals surface area contributed by atoms with Crippen LogP contribution in [0, 0.1) is 5.92 Å². The minimum absolute atomic E-state index is 0.0389. The molecule has 0 amide bonds. The van der Waals surface area contributed by atoms with E-state index in [9.17, 15) is 4.79 Å². The van der Waals surface area contributed by atoms with E-state index in [2.05, 4.69) is 15.3 Å². The van der Waals surface area contributed by atoms with E-state index in [0.29, 0.717) is 6.54 Å². The summed E-state index contributed by atoms with van der Waals surface area (Å²) in [6, 6.07) is 6.36. The van der Waals surface area contributed by atoms with Gasteiger partial charge in [0.2, 0.25) is 0 Å². The first-order valence-corrected chi connectivity index (χ1v) is 7.81. The molecule has 4 heterocycles. The normalized spacial score (nSPS) is 26.3. The van der Waals surface area contributed by atoms with Gasteiger partial charge in [0.05, 0.1) is 6.54 Å². The Morgan fingerprint density at radius 2 is 2.24 bits per heavy atom. The lowest BCUT2D eigenvalue weighted by Crippen LogP contribution is -2.45. The summed E-state index contributed by atoms with van der Waals surface area (Å²) >= 11 is 0. The molecule has 0 aromatic carbocycles. The van der Waals surface area contributed by atoms with Gasteiger partial charge in [0.1, 0.15) is 0 Å². The number of pyridine rings is 1. The molecular weight excluding hydrogens is 266 g/mol. The van der Waals surface area contributed by atoms with Crippen LogP contribution in [0.1, 0.15) is 12.8 Å². The third kappa shape index (κ3) is 2.38. The van der Waals surface area contributed by atoms with Gasteiger partial charge < -0.3 is 10.2 Å². The molecule has 2 aromatic rings. The van der Waals surface area contributed by atoms with E-state index in [1.165, 1.54) is 12.8 Å². The molecule has 2 saturated heterocycles. The molecule has 21 heavy (non-hydrogen) atoms. The monoisotopic (exact) mass is 287 g/mol. The van der Waals surface area contributed by atoms with E-state index < -0.39 is 0 Å². The van der Waals surface area contributed by atoms with E-state index in [4.69, 9.17) is 0 Å². The summed E-state index contributed by atoms with van der Waals surface area (Å²) in [6.07, 6.45) is 4.29. The van der Waals surface area contributed by atoms with Crippen molar-refractivity contribution in [2.24, 2.45) is 5.92 Å². The average Bonchev–Trinajstić information content (AvgIpc) is 3.10. The Morgan fingerprint density at radius 1 is 1.29 bits per heavy atom. The molecule has 2 fully saturated rings.